The first-order chi connectivity index (χ1) is 13.8. The maximum absolute atomic E-state index is 12.2. The number of aromatic nitrogens is 4. The molecule has 1 amide bonds. The number of ether oxygens (including phenoxy) is 2. The van der Waals surface area contributed by atoms with Crippen molar-refractivity contribution in [2.24, 2.45) is 0 Å². The standard InChI is InChI=1S/C17H18N6O3.C2H6/c24-17-22(7-10-26-17)13-11-15(21-5-8-25-9-6-21)19-16-12(13)2-4-23(16)14-1-3-18-20-14;1-2/h1-4,11H,5-10H2,(H,18,20);1-2H3. The van der Waals surface area contributed by atoms with E-state index in [9.17, 15) is 4.79 Å². The number of hydrogen-bond donors (Lipinski definition) is 1. The zero-order chi connectivity index (χ0) is 19.5. The van der Waals surface area contributed by atoms with Crippen molar-refractivity contribution in [3.8, 4) is 5.82 Å². The molecule has 0 aromatic carbocycles. The van der Waals surface area contributed by atoms with E-state index in [1.807, 2.05) is 42.8 Å². The Morgan fingerprint density at radius 3 is 2.61 bits per heavy atom. The van der Waals surface area contributed by atoms with Crippen LogP contribution in [-0.2, 0) is 9.47 Å². The summed E-state index contributed by atoms with van der Waals surface area (Å²) in [6.07, 6.45) is 3.31. The van der Waals surface area contributed by atoms with E-state index in [0.717, 1.165) is 41.4 Å². The van der Waals surface area contributed by atoms with Gasteiger partial charge in [0.2, 0.25) is 0 Å². The SMILES string of the molecule is CC.O=C1OCCN1c1cc(N2CCOCC2)nc2c1ccn2-c1ccn[nH]1. The van der Waals surface area contributed by atoms with Gasteiger partial charge in [0.1, 0.15) is 23.9 Å². The molecule has 5 heterocycles. The van der Waals surface area contributed by atoms with Crippen molar-refractivity contribution < 1.29 is 14.3 Å². The second kappa shape index (κ2) is 7.89. The molecule has 28 heavy (non-hydrogen) atoms. The van der Waals surface area contributed by atoms with Crippen molar-refractivity contribution in [1.29, 1.82) is 0 Å². The molecular formula is C19H24N6O3. The number of cyclic esters (lactones) is 1. The fourth-order valence-corrected chi connectivity index (χ4v) is 3.45. The van der Waals surface area contributed by atoms with E-state index in [1.54, 1.807) is 11.1 Å². The van der Waals surface area contributed by atoms with Gasteiger partial charge in [-0.2, -0.15) is 5.10 Å². The second-order valence-electron chi connectivity index (χ2n) is 6.23. The van der Waals surface area contributed by atoms with Crippen LogP contribution in [0.2, 0.25) is 0 Å². The van der Waals surface area contributed by atoms with E-state index in [1.165, 1.54) is 0 Å². The predicted octanol–water partition coefficient (Wildman–Crippen LogP) is 2.57. The molecule has 0 radical (unpaired) electrons. The predicted molar refractivity (Wildman–Crippen MR) is 106 cm³/mol. The van der Waals surface area contributed by atoms with Gasteiger partial charge in [-0.25, -0.2) is 9.78 Å². The first-order valence-electron chi connectivity index (χ1n) is 9.60. The van der Waals surface area contributed by atoms with Crippen molar-refractivity contribution >= 4 is 28.6 Å². The summed E-state index contributed by atoms with van der Waals surface area (Å²) in [5.41, 5.74) is 1.59. The van der Waals surface area contributed by atoms with Gasteiger partial charge < -0.3 is 14.4 Å². The van der Waals surface area contributed by atoms with E-state index in [0.29, 0.717) is 26.4 Å². The van der Waals surface area contributed by atoms with Crippen LogP contribution in [0.3, 0.4) is 0 Å². The van der Waals surface area contributed by atoms with Gasteiger partial charge in [0.25, 0.3) is 0 Å². The molecule has 9 heteroatoms. The summed E-state index contributed by atoms with van der Waals surface area (Å²) in [6.45, 7) is 7.82. The van der Waals surface area contributed by atoms with E-state index >= 15 is 0 Å². The molecule has 0 saturated carbocycles. The lowest BCUT2D eigenvalue weighted by Crippen LogP contribution is -2.37. The molecule has 2 aliphatic rings. The van der Waals surface area contributed by atoms with Gasteiger partial charge in [-0.3, -0.25) is 14.6 Å². The van der Waals surface area contributed by atoms with Gasteiger partial charge in [0.15, 0.2) is 0 Å². The Morgan fingerprint density at radius 1 is 1.11 bits per heavy atom. The Morgan fingerprint density at radius 2 is 1.93 bits per heavy atom. The molecule has 0 aliphatic carbocycles. The molecule has 0 spiro atoms. The highest BCUT2D eigenvalue weighted by atomic mass is 16.6. The third-order valence-electron chi connectivity index (χ3n) is 4.75. The van der Waals surface area contributed by atoms with Gasteiger partial charge >= 0.3 is 6.09 Å². The average molecular weight is 384 g/mol. The zero-order valence-corrected chi connectivity index (χ0v) is 16.1. The molecule has 3 aromatic rings. The summed E-state index contributed by atoms with van der Waals surface area (Å²) in [5, 5.41) is 7.89. The first-order valence-corrected chi connectivity index (χ1v) is 9.60. The van der Waals surface area contributed by atoms with Crippen molar-refractivity contribution in [1.82, 2.24) is 19.7 Å². The number of nitrogens with one attached hydrogen (secondary N) is 1. The van der Waals surface area contributed by atoms with Crippen LogP contribution in [0.25, 0.3) is 16.9 Å². The van der Waals surface area contributed by atoms with Crippen molar-refractivity contribution in [3.05, 3.63) is 30.6 Å². The number of nitrogens with zero attached hydrogens (tertiary/aromatic N) is 5. The van der Waals surface area contributed by atoms with E-state index in [2.05, 4.69) is 15.1 Å². The molecule has 148 valence electrons. The maximum Gasteiger partial charge on any atom is 0.414 e. The summed E-state index contributed by atoms with van der Waals surface area (Å²) in [6, 6.07) is 5.82. The number of rotatable bonds is 3. The van der Waals surface area contributed by atoms with Gasteiger partial charge in [-0.15, -0.1) is 0 Å². The molecule has 2 saturated heterocycles. The van der Waals surface area contributed by atoms with Gasteiger partial charge in [0, 0.05) is 36.8 Å². The lowest BCUT2D eigenvalue weighted by Gasteiger charge is -2.29. The zero-order valence-electron chi connectivity index (χ0n) is 16.1. The average Bonchev–Trinajstić information content (AvgIpc) is 3.50. The lowest BCUT2D eigenvalue weighted by molar-refractivity contribution is 0.122. The quantitative estimate of drug-likeness (QED) is 0.747. The minimum Gasteiger partial charge on any atom is -0.447 e. The topological polar surface area (TPSA) is 88.5 Å². The fourth-order valence-electron chi connectivity index (χ4n) is 3.45. The number of pyridine rings is 1. The highest BCUT2D eigenvalue weighted by Gasteiger charge is 2.28. The molecule has 2 fully saturated rings. The molecule has 9 nitrogen and oxygen atoms in total. The number of aromatic amines is 1. The smallest absolute Gasteiger partial charge is 0.414 e. The summed E-state index contributed by atoms with van der Waals surface area (Å²) >= 11 is 0. The number of H-pyrrole nitrogens is 1. The fraction of sp³-hybridized carbons (Fsp3) is 0.421. The Kier molecular flexibility index (Phi) is 5.16. The molecule has 1 N–H and O–H groups in total. The van der Waals surface area contributed by atoms with Crippen LogP contribution in [-0.4, -0.2) is 65.3 Å². The minimum absolute atomic E-state index is 0.320. The Hall–Kier alpha value is -3.07. The number of morpholine rings is 1. The molecule has 0 bridgehead atoms. The van der Waals surface area contributed by atoms with Crippen LogP contribution >= 0.6 is 0 Å². The van der Waals surface area contributed by atoms with Crippen LogP contribution < -0.4 is 9.80 Å². The van der Waals surface area contributed by atoms with E-state index in [4.69, 9.17) is 14.5 Å². The van der Waals surface area contributed by atoms with E-state index in [-0.39, 0.29) is 6.09 Å². The Balaban J connectivity index is 0.000000932. The minimum atomic E-state index is -0.320. The summed E-state index contributed by atoms with van der Waals surface area (Å²) < 4.78 is 12.5. The van der Waals surface area contributed by atoms with Crippen molar-refractivity contribution in [2.45, 2.75) is 13.8 Å². The van der Waals surface area contributed by atoms with E-state index < -0.39 is 0 Å². The maximum atomic E-state index is 12.2. The monoisotopic (exact) mass is 384 g/mol. The van der Waals surface area contributed by atoms with Gasteiger partial charge in [0.05, 0.1) is 31.6 Å². The third-order valence-corrected chi connectivity index (χ3v) is 4.75. The highest BCUT2D eigenvalue weighted by molar-refractivity contribution is 6.02. The van der Waals surface area contributed by atoms with Gasteiger partial charge in [-0.1, -0.05) is 13.8 Å². The lowest BCUT2D eigenvalue weighted by atomic mass is 10.2. The van der Waals surface area contributed by atoms with Crippen molar-refractivity contribution in [3.63, 3.8) is 0 Å². The molecule has 0 atom stereocenters. The Bertz CT molecular complexity index is 946. The molecule has 5 rings (SSSR count). The number of anilines is 2. The third kappa shape index (κ3) is 3.18. The molecular weight excluding hydrogens is 360 g/mol. The highest BCUT2D eigenvalue weighted by Crippen LogP contribution is 2.33. The molecule has 0 unspecified atom stereocenters. The second-order valence-corrected chi connectivity index (χ2v) is 6.23. The number of carbonyl (C=O) groups is 1. The van der Waals surface area contributed by atoms with Crippen LogP contribution in [0.4, 0.5) is 16.3 Å². The van der Waals surface area contributed by atoms with Crippen LogP contribution in [0, 0.1) is 0 Å². The molecule has 2 aliphatic heterocycles. The summed E-state index contributed by atoms with van der Waals surface area (Å²) in [7, 11) is 0. The van der Waals surface area contributed by atoms with Crippen LogP contribution in [0.15, 0.2) is 30.6 Å². The van der Waals surface area contributed by atoms with Gasteiger partial charge in [-0.05, 0) is 6.07 Å². The number of amides is 1. The largest absolute Gasteiger partial charge is 0.447 e. The Labute approximate surface area is 162 Å². The van der Waals surface area contributed by atoms with Crippen LogP contribution in [0.5, 0.6) is 0 Å². The van der Waals surface area contributed by atoms with Crippen molar-refractivity contribution in [2.75, 3.05) is 49.3 Å². The van der Waals surface area contributed by atoms with Crippen LogP contribution in [0.1, 0.15) is 13.8 Å². The normalized spacial score (nSPS) is 16.9. The number of hydrogen-bond acceptors (Lipinski definition) is 6. The summed E-state index contributed by atoms with van der Waals surface area (Å²) in [5.74, 6) is 1.65. The number of fused-ring (bicyclic) bond motifs is 1. The summed E-state index contributed by atoms with van der Waals surface area (Å²) in [4.78, 5) is 20.9. The number of carbonyl (C=O) groups excluding carboxylic acids is 1. The molecule has 3 aromatic heterocycles. The first kappa shape index (κ1) is 18.3.